The minimum Gasteiger partial charge on any atom is -0.439 e. The molecule has 0 saturated heterocycles. The summed E-state index contributed by atoms with van der Waals surface area (Å²) >= 11 is 0. The Balaban J connectivity index is 1.83. The first-order valence-corrected chi connectivity index (χ1v) is 6.30. The van der Waals surface area contributed by atoms with Gasteiger partial charge in [0.25, 0.3) is 0 Å². The number of hydrogen-bond acceptors (Lipinski definition) is 3. The maximum atomic E-state index is 5.78. The van der Waals surface area contributed by atoms with E-state index in [2.05, 4.69) is 17.1 Å². The van der Waals surface area contributed by atoms with E-state index in [1.165, 1.54) is 24.0 Å². The van der Waals surface area contributed by atoms with Gasteiger partial charge in [-0.05, 0) is 54.2 Å². The molecule has 92 valence electrons. The smallest absolute Gasteiger partial charge is 0.219 e. The van der Waals surface area contributed by atoms with Crippen molar-refractivity contribution in [1.29, 1.82) is 0 Å². The summed E-state index contributed by atoms with van der Waals surface area (Å²) in [6.45, 7) is 0.503. The van der Waals surface area contributed by atoms with Crippen LogP contribution >= 0.6 is 0 Å². The average Bonchev–Trinajstić information content (AvgIpc) is 2.86. The fourth-order valence-corrected chi connectivity index (χ4v) is 2.37. The van der Waals surface area contributed by atoms with Crippen molar-refractivity contribution >= 4 is 0 Å². The molecule has 1 aromatic carbocycles. The third kappa shape index (κ3) is 2.22. The van der Waals surface area contributed by atoms with Crippen molar-refractivity contribution in [3.8, 4) is 11.6 Å². The van der Waals surface area contributed by atoms with Gasteiger partial charge in [0.1, 0.15) is 5.75 Å². The lowest BCUT2D eigenvalue weighted by Gasteiger charge is -2.07. The van der Waals surface area contributed by atoms with Gasteiger partial charge < -0.3 is 10.5 Å². The Morgan fingerprint density at radius 3 is 2.89 bits per heavy atom. The van der Waals surface area contributed by atoms with Crippen LogP contribution in [0.1, 0.15) is 23.1 Å². The van der Waals surface area contributed by atoms with Gasteiger partial charge in [0.15, 0.2) is 0 Å². The lowest BCUT2D eigenvalue weighted by Crippen LogP contribution is -1.97. The van der Waals surface area contributed by atoms with E-state index in [9.17, 15) is 0 Å². The monoisotopic (exact) mass is 240 g/mol. The third-order valence-electron chi connectivity index (χ3n) is 3.33. The number of nitrogens with zero attached hydrogens (tertiary/aromatic N) is 1. The van der Waals surface area contributed by atoms with E-state index in [0.29, 0.717) is 12.4 Å². The highest BCUT2D eigenvalue weighted by atomic mass is 16.5. The van der Waals surface area contributed by atoms with E-state index < -0.39 is 0 Å². The normalized spacial score (nSPS) is 13.4. The zero-order chi connectivity index (χ0) is 12.4. The van der Waals surface area contributed by atoms with E-state index >= 15 is 0 Å². The molecule has 0 spiro atoms. The van der Waals surface area contributed by atoms with Gasteiger partial charge >= 0.3 is 0 Å². The molecule has 2 aromatic rings. The van der Waals surface area contributed by atoms with Gasteiger partial charge in [-0.15, -0.1) is 0 Å². The molecule has 0 fully saturated rings. The minimum absolute atomic E-state index is 0.503. The number of fused-ring (bicyclic) bond motifs is 1. The Hall–Kier alpha value is -1.87. The quantitative estimate of drug-likeness (QED) is 0.897. The number of benzene rings is 1. The molecule has 3 rings (SSSR count). The molecule has 1 aromatic heterocycles. The lowest BCUT2D eigenvalue weighted by atomic mass is 10.1. The Morgan fingerprint density at radius 2 is 2.00 bits per heavy atom. The molecule has 1 aliphatic carbocycles. The number of aryl methyl sites for hydroxylation is 2. The first-order chi connectivity index (χ1) is 8.85. The van der Waals surface area contributed by atoms with Crippen molar-refractivity contribution in [2.45, 2.75) is 25.8 Å². The maximum absolute atomic E-state index is 5.78. The zero-order valence-electron chi connectivity index (χ0n) is 10.2. The van der Waals surface area contributed by atoms with Crippen molar-refractivity contribution in [3.05, 3.63) is 53.2 Å². The first-order valence-electron chi connectivity index (χ1n) is 6.30. The molecule has 1 heterocycles. The fraction of sp³-hybridized carbons (Fsp3) is 0.267. The van der Waals surface area contributed by atoms with Crippen LogP contribution in [-0.2, 0) is 19.4 Å². The molecule has 18 heavy (non-hydrogen) atoms. The summed E-state index contributed by atoms with van der Waals surface area (Å²) in [4.78, 5) is 4.20. The maximum Gasteiger partial charge on any atom is 0.219 e. The van der Waals surface area contributed by atoms with Crippen LogP contribution in [0.5, 0.6) is 11.6 Å². The van der Waals surface area contributed by atoms with Gasteiger partial charge in [0.05, 0.1) is 0 Å². The second-order valence-electron chi connectivity index (χ2n) is 4.59. The second kappa shape index (κ2) is 4.78. The molecule has 3 heteroatoms. The average molecular weight is 240 g/mol. The summed E-state index contributed by atoms with van der Waals surface area (Å²) in [6, 6.07) is 10.1. The van der Waals surface area contributed by atoms with E-state index in [-0.39, 0.29) is 0 Å². The second-order valence-corrected chi connectivity index (χ2v) is 4.59. The Kier molecular flexibility index (Phi) is 2.99. The van der Waals surface area contributed by atoms with Crippen molar-refractivity contribution in [2.75, 3.05) is 0 Å². The van der Waals surface area contributed by atoms with Crippen LogP contribution in [0.3, 0.4) is 0 Å². The highest BCUT2D eigenvalue weighted by Gasteiger charge is 2.11. The molecule has 0 bridgehead atoms. The number of hydrogen-bond donors (Lipinski definition) is 1. The highest BCUT2D eigenvalue weighted by molar-refractivity contribution is 5.39. The van der Waals surface area contributed by atoms with Crippen molar-refractivity contribution in [2.24, 2.45) is 5.73 Å². The summed E-state index contributed by atoms with van der Waals surface area (Å²) in [7, 11) is 0. The summed E-state index contributed by atoms with van der Waals surface area (Å²) in [5.74, 6) is 1.47. The first kappa shape index (κ1) is 11.2. The molecule has 3 nitrogen and oxygen atoms in total. The van der Waals surface area contributed by atoms with Gasteiger partial charge in [-0.3, -0.25) is 0 Å². The van der Waals surface area contributed by atoms with E-state index in [1.54, 1.807) is 6.20 Å². The number of nitrogens with two attached hydrogens (primary N) is 1. The molecule has 0 unspecified atom stereocenters. The molecular weight excluding hydrogens is 224 g/mol. The Labute approximate surface area is 107 Å². The van der Waals surface area contributed by atoms with E-state index in [1.807, 2.05) is 18.2 Å². The molecule has 2 N–H and O–H groups in total. The summed E-state index contributed by atoms with van der Waals surface area (Å²) in [6.07, 6.45) is 5.32. The number of aromatic nitrogens is 1. The molecule has 0 saturated carbocycles. The fourth-order valence-electron chi connectivity index (χ4n) is 2.37. The predicted molar refractivity (Wildman–Crippen MR) is 70.7 cm³/mol. The molecule has 0 aliphatic heterocycles. The summed E-state index contributed by atoms with van der Waals surface area (Å²) < 4.78 is 5.78. The molecule has 1 aliphatic rings. The topological polar surface area (TPSA) is 48.1 Å². The van der Waals surface area contributed by atoms with Crippen molar-refractivity contribution < 1.29 is 4.74 Å². The summed E-state index contributed by atoms with van der Waals surface area (Å²) in [5.41, 5.74) is 9.49. The Morgan fingerprint density at radius 1 is 1.11 bits per heavy atom. The Bertz CT molecular complexity index is 566. The van der Waals surface area contributed by atoms with Crippen molar-refractivity contribution in [3.63, 3.8) is 0 Å². The molecule has 0 atom stereocenters. The zero-order valence-corrected chi connectivity index (χ0v) is 10.2. The number of pyridine rings is 1. The predicted octanol–water partition coefficient (Wildman–Crippen LogP) is 2.82. The molecule has 0 radical (unpaired) electrons. The largest absolute Gasteiger partial charge is 0.439 e. The number of ether oxygens (including phenoxy) is 1. The van der Waals surface area contributed by atoms with Crippen LogP contribution in [0, 0.1) is 0 Å². The SMILES string of the molecule is NCc1ccnc(Oc2ccc3c(c2)CCC3)c1. The van der Waals surface area contributed by atoms with E-state index in [4.69, 9.17) is 10.5 Å². The van der Waals surface area contributed by atoms with Crippen LogP contribution in [0.25, 0.3) is 0 Å². The van der Waals surface area contributed by atoms with Gasteiger partial charge in [-0.2, -0.15) is 0 Å². The molecular formula is C15H16N2O. The van der Waals surface area contributed by atoms with Crippen LogP contribution in [0.15, 0.2) is 36.5 Å². The van der Waals surface area contributed by atoms with E-state index in [0.717, 1.165) is 17.7 Å². The minimum atomic E-state index is 0.503. The summed E-state index contributed by atoms with van der Waals surface area (Å²) in [5, 5.41) is 0. The lowest BCUT2D eigenvalue weighted by molar-refractivity contribution is 0.461. The molecule has 0 amide bonds. The third-order valence-corrected chi connectivity index (χ3v) is 3.33. The van der Waals surface area contributed by atoms with Crippen molar-refractivity contribution in [1.82, 2.24) is 4.98 Å². The van der Waals surface area contributed by atoms with Gasteiger partial charge in [0, 0.05) is 18.8 Å². The standard InChI is InChI=1S/C15H16N2O/c16-10-11-6-7-17-15(8-11)18-14-5-4-12-2-1-3-13(12)9-14/h4-9H,1-3,10,16H2. The van der Waals surface area contributed by atoms with Gasteiger partial charge in [-0.1, -0.05) is 6.07 Å². The van der Waals surface area contributed by atoms with Gasteiger partial charge in [0.2, 0.25) is 5.88 Å². The highest BCUT2D eigenvalue weighted by Crippen LogP contribution is 2.28. The van der Waals surface area contributed by atoms with Crippen LogP contribution in [0.4, 0.5) is 0 Å². The number of rotatable bonds is 3. The van der Waals surface area contributed by atoms with Crippen LogP contribution in [-0.4, -0.2) is 4.98 Å². The van der Waals surface area contributed by atoms with Crippen LogP contribution < -0.4 is 10.5 Å². The van der Waals surface area contributed by atoms with Gasteiger partial charge in [-0.25, -0.2) is 4.98 Å². The van der Waals surface area contributed by atoms with Crippen LogP contribution in [0.2, 0.25) is 0 Å².